The second-order valence-corrected chi connectivity index (χ2v) is 5.47. The lowest BCUT2D eigenvalue weighted by atomic mass is 10.3. The third-order valence-electron chi connectivity index (χ3n) is 2.87. The Morgan fingerprint density at radius 1 is 1.26 bits per heavy atom. The number of para-hydroxylation sites is 2. The first-order valence-electron chi connectivity index (χ1n) is 6.73. The Morgan fingerprint density at radius 3 is 2.83 bits per heavy atom. The smallest absolute Gasteiger partial charge is 0.245 e. The average Bonchev–Trinajstić information content (AvgIpc) is 2.95. The lowest BCUT2D eigenvalue weighted by Gasteiger charge is -2.12. The molecule has 0 spiro atoms. The molecule has 1 aromatic carbocycles. The fourth-order valence-electron chi connectivity index (χ4n) is 1.87. The molecule has 0 unspecified atom stereocenters. The van der Waals surface area contributed by atoms with Gasteiger partial charge in [0.2, 0.25) is 11.8 Å². The van der Waals surface area contributed by atoms with Crippen LogP contribution in [0.4, 0.5) is 5.69 Å². The summed E-state index contributed by atoms with van der Waals surface area (Å²) in [6.45, 7) is 2.14. The van der Waals surface area contributed by atoms with Crippen LogP contribution in [-0.4, -0.2) is 15.1 Å². The summed E-state index contributed by atoms with van der Waals surface area (Å²) < 4.78 is 10.8. The zero-order valence-corrected chi connectivity index (χ0v) is 13.6. The summed E-state index contributed by atoms with van der Waals surface area (Å²) in [6.07, 6.45) is 1.47. The van der Waals surface area contributed by atoms with Crippen molar-refractivity contribution in [1.82, 2.24) is 15.1 Å². The number of rotatable bonds is 5. The number of nitrogens with one attached hydrogen (secondary N) is 1. The van der Waals surface area contributed by atoms with Gasteiger partial charge in [0.25, 0.3) is 0 Å². The number of nitrogens with zero attached hydrogens (tertiary/aromatic N) is 3. The lowest BCUT2D eigenvalue weighted by Crippen LogP contribution is -2.02. The normalized spacial score (nSPS) is 10.6. The minimum absolute atomic E-state index is 0.277. The first kappa shape index (κ1) is 15.6. The maximum atomic E-state index is 6.08. The van der Waals surface area contributed by atoms with Gasteiger partial charge in [-0.2, -0.15) is 4.98 Å². The number of aromatic nitrogens is 3. The van der Waals surface area contributed by atoms with E-state index in [1.54, 1.807) is 19.1 Å². The third-order valence-corrected chi connectivity index (χ3v) is 3.34. The summed E-state index contributed by atoms with van der Waals surface area (Å²) in [7, 11) is 0. The molecule has 2 aromatic heterocycles. The molecule has 0 saturated carbocycles. The van der Waals surface area contributed by atoms with Crippen LogP contribution < -0.4 is 10.1 Å². The zero-order chi connectivity index (χ0) is 16.2. The van der Waals surface area contributed by atoms with Gasteiger partial charge in [-0.1, -0.05) is 40.5 Å². The summed E-state index contributed by atoms with van der Waals surface area (Å²) in [6, 6.07) is 8.96. The van der Waals surface area contributed by atoms with Gasteiger partial charge in [-0.25, -0.2) is 4.98 Å². The van der Waals surface area contributed by atoms with Crippen molar-refractivity contribution in [2.75, 3.05) is 5.32 Å². The molecule has 0 aliphatic heterocycles. The highest BCUT2D eigenvalue weighted by Crippen LogP contribution is 2.33. The van der Waals surface area contributed by atoms with E-state index >= 15 is 0 Å². The molecule has 0 bridgehead atoms. The molecule has 6 nitrogen and oxygen atoms in total. The van der Waals surface area contributed by atoms with Crippen molar-refractivity contribution in [2.24, 2.45) is 0 Å². The van der Waals surface area contributed by atoms with E-state index in [0.29, 0.717) is 34.1 Å². The van der Waals surface area contributed by atoms with E-state index in [1.165, 1.54) is 6.20 Å². The van der Waals surface area contributed by atoms with Gasteiger partial charge < -0.3 is 14.6 Å². The van der Waals surface area contributed by atoms with Crippen LogP contribution in [0.3, 0.4) is 0 Å². The minimum Gasteiger partial charge on any atom is -0.435 e. The van der Waals surface area contributed by atoms with Crippen molar-refractivity contribution in [3.8, 4) is 11.6 Å². The van der Waals surface area contributed by atoms with E-state index in [1.807, 2.05) is 18.2 Å². The highest BCUT2D eigenvalue weighted by Gasteiger charge is 2.10. The molecule has 3 aromatic rings. The first-order chi connectivity index (χ1) is 11.1. The predicted octanol–water partition coefficient (Wildman–Crippen LogP) is 4.48. The fourth-order valence-corrected chi connectivity index (χ4v) is 2.28. The average molecular weight is 351 g/mol. The maximum absolute atomic E-state index is 6.08. The van der Waals surface area contributed by atoms with Crippen molar-refractivity contribution in [3.63, 3.8) is 0 Å². The molecular formula is C15H12Cl2N4O2. The van der Waals surface area contributed by atoms with Crippen molar-refractivity contribution in [3.05, 3.63) is 58.3 Å². The van der Waals surface area contributed by atoms with Gasteiger partial charge in [-0.05, 0) is 25.1 Å². The second kappa shape index (κ2) is 6.85. The maximum Gasteiger partial charge on any atom is 0.245 e. The Bertz CT molecular complexity index is 823. The summed E-state index contributed by atoms with van der Waals surface area (Å²) in [5, 5.41) is 7.70. The van der Waals surface area contributed by atoms with E-state index in [-0.39, 0.29) is 5.88 Å². The highest BCUT2D eigenvalue weighted by molar-refractivity contribution is 6.35. The first-order valence-corrected chi connectivity index (χ1v) is 7.48. The second-order valence-electron chi connectivity index (χ2n) is 4.63. The molecule has 0 radical (unpaired) electrons. The SMILES string of the molecule is Cc1noc(CNc2ccccc2Oc2ncc(Cl)cc2Cl)n1. The topological polar surface area (TPSA) is 73.1 Å². The molecule has 23 heavy (non-hydrogen) atoms. The minimum atomic E-state index is 0.277. The number of anilines is 1. The van der Waals surface area contributed by atoms with E-state index in [9.17, 15) is 0 Å². The van der Waals surface area contributed by atoms with E-state index in [0.717, 1.165) is 5.69 Å². The van der Waals surface area contributed by atoms with Crippen LogP contribution in [-0.2, 0) is 6.54 Å². The number of hydrogen-bond acceptors (Lipinski definition) is 6. The number of hydrogen-bond donors (Lipinski definition) is 1. The summed E-state index contributed by atoms with van der Waals surface area (Å²) >= 11 is 11.9. The molecule has 0 atom stereocenters. The van der Waals surface area contributed by atoms with Gasteiger partial charge in [0.05, 0.1) is 17.3 Å². The zero-order valence-electron chi connectivity index (χ0n) is 12.1. The molecule has 8 heteroatoms. The van der Waals surface area contributed by atoms with E-state index in [2.05, 4.69) is 20.4 Å². The van der Waals surface area contributed by atoms with E-state index in [4.69, 9.17) is 32.5 Å². The van der Waals surface area contributed by atoms with Crippen LogP contribution >= 0.6 is 23.2 Å². The monoisotopic (exact) mass is 350 g/mol. The third kappa shape index (κ3) is 3.91. The summed E-state index contributed by atoms with van der Waals surface area (Å²) in [5.41, 5.74) is 0.746. The molecule has 2 heterocycles. The van der Waals surface area contributed by atoms with Crippen molar-refractivity contribution in [1.29, 1.82) is 0 Å². The number of pyridine rings is 1. The van der Waals surface area contributed by atoms with Crippen LogP contribution in [0.1, 0.15) is 11.7 Å². The van der Waals surface area contributed by atoms with Crippen molar-refractivity contribution >= 4 is 28.9 Å². The lowest BCUT2D eigenvalue weighted by molar-refractivity contribution is 0.379. The summed E-state index contributed by atoms with van der Waals surface area (Å²) in [5.74, 6) is 1.92. The molecule has 0 aliphatic rings. The Morgan fingerprint density at radius 2 is 2.09 bits per heavy atom. The van der Waals surface area contributed by atoms with Crippen LogP contribution in [0.2, 0.25) is 10.0 Å². The van der Waals surface area contributed by atoms with Gasteiger partial charge in [-0.15, -0.1) is 0 Å². The summed E-state index contributed by atoms with van der Waals surface area (Å²) in [4.78, 5) is 8.22. The standard InChI is InChI=1S/C15H12Cl2N4O2/c1-9-20-14(23-21-9)8-18-12-4-2-3-5-13(12)22-15-11(17)6-10(16)7-19-15/h2-7,18H,8H2,1H3. The molecule has 0 fully saturated rings. The van der Waals surface area contributed by atoms with E-state index < -0.39 is 0 Å². The Labute approximate surface area is 142 Å². The molecule has 0 aliphatic carbocycles. The van der Waals surface area contributed by atoms with Crippen molar-refractivity contribution in [2.45, 2.75) is 13.5 Å². The van der Waals surface area contributed by atoms with Crippen LogP contribution in [0.15, 0.2) is 41.1 Å². The molecule has 1 N–H and O–H groups in total. The molecule has 0 saturated heterocycles. The van der Waals surface area contributed by atoms with Crippen LogP contribution in [0, 0.1) is 6.92 Å². The number of ether oxygens (including phenoxy) is 1. The van der Waals surface area contributed by atoms with Gasteiger partial charge in [0.15, 0.2) is 11.6 Å². The molecule has 3 rings (SSSR count). The van der Waals surface area contributed by atoms with Crippen LogP contribution in [0.5, 0.6) is 11.6 Å². The van der Waals surface area contributed by atoms with Gasteiger partial charge in [0, 0.05) is 6.20 Å². The Hall–Kier alpha value is -2.31. The molecule has 118 valence electrons. The van der Waals surface area contributed by atoms with Crippen LogP contribution in [0.25, 0.3) is 0 Å². The largest absolute Gasteiger partial charge is 0.435 e. The van der Waals surface area contributed by atoms with Gasteiger partial charge in [0.1, 0.15) is 5.02 Å². The predicted molar refractivity (Wildman–Crippen MR) is 87.1 cm³/mol. The quantitative estimate of drug-likeness (QED) is 0.730. The number of halogens is 2. The highest BCUT2D eigenvalue weighted by atomic mass is 35.5. The van der Waals surface area contributed by atoms with Gasteiger partial charge >= 0.3 is 0 Å². The number of benzene rings is 1. The Balaban J connectivity index is 1.77. The van der Waals surface area contributed by atoms with Gasteiger partial charge in [-0.3, -0.25) is 0 Å². The molecular weight excluding hydrogens is 339 g/mol. The fraction of sp³-hybridized carbons (Fsp3) is 0.133. The Kier molecular flexibility index (Phi) is 4.64. The van der Waals surface area contributed by atoms with Crippen molar-refractivity contribution < 1.29 is 9.26 Å². The molecule has 0 amide bonds. The number of aryl methyl sites for hydroxylation is 1.